The Kier molecular flexibility index (Phi) is 4.71. The summed E-state index contributed by atoms with van der Waals surface area (Å²) in [5.74, 6) is 0.585. The van der Waals surface area contributed by atoms with Gasteiger partial charge in [-0.2, -0.15) is 0 Å². The van der Waals surface area contributed by atoms with Crippen molar-refractivity contribution in [2.75, 3.05) is 18.0 Å². The van der Waals surface area contributed by atoms with Gasteiger partial charge in [0.1, 0.15) is 0 Å². The molecule has 0 aromatic carbocycles. The highest BCUT2D eigenvalue weighted by Gasteiger charge is 2.18. The summed E-state index contributed by atoms with van der Waals surface area (Å²) in [6.07, 6.45) is 6.20. The first-order valence-electron chi connectivity index (χ1n) is 7.02. The van der Waals surface area contributed by atoms with Crippen molar-refractivity contribution in [3.8, 4) is 0 Å². The molecule has 5 heteroatoms. The molecule has 1 aliphatic heterocycles. The second-order valence-electron chi connectivity index (χ2n) is 5.15. The summed E-state index contributed by atoms with van der Waals surface area (Å²) in [5.41, 5.74) is 0.00225. The van der Waals surface area contributed by atoms with Crippen molar-refractivity contribution >= 4 is 11.8 Å². The van der Waals surface area contributed by atoms with E-state index >= 15 is 0 Å². The molecule has 1 atom stereocenters. The molecule has 1 aromatic heterocycles. The zero-order valence-corrected chi connectivity index (χ0v) is 11.4. The number of aromatic carboxylic acids is 1. The van der Waals surface area contributed by atoms with Gasteiger partial charge in [-0.05, 0) is 37.3 Å². The Bertz CT molecular complexity index is 419. The third kappa shape index (κ3) is 3.66. The molecule has 2 heterocycles. The monoisotopic (exact) mass is 263 g/mol. The lowest BCUT2D eigenvalue weighted by Crippen LogP contribution is -2.25. The molecule has 1 aliphatic rings. The first-order chi connectivity index (χ1) is 9.20. The van der Waals surface area contributed by atoms with Crippen molar-refractivity contribution in [3.63, 3.8) is 0 Å². The summed E-state index contributed by atoms with van der Waals surface area (Å²) < 4.78 is 0. The number of hydrogen-bond acceptors (Lipinski definition) is 4. The van der Waals surface area contributed by atoms with E-state index in [9.17, 15) is 4.79 Å². The largest absolute Gasteiger partial charge is 0.476 e. The molecule has 1 saturated heterocycles. The summed E-state index contributed by atoms with van der Waals surface area (Å²) >= 11 is 0. The molecule has 0 bridgehead atoms. The molecule has 0 radical (unpaired) electrons. The summed E-state index contributed by atoms with van der Waals surface area (Å²) in [5, 5.41) is 16.6. The SMILES string of the molecule is CCCC1CCCN(c2ccc(C(=O)O)nn2)CC1. The van der Waals surface area contributed by atoms with Gasteiger partial charge in [-0.3, -0.25) is 0 Å². The van der Waals surface area contributed by atoms with Gasteiger partial charge in [0, 0.05) is 13.1 Å². The fourth-order valence-electron chi connectivity index (χ4n) is 2.70. The third-order valence-corrected chi connectivity index (χ3v) is 3.74. The molecule has 0 amide bonds. The smallest absolute Gasteiger partial charge is 0.356 e. The second-order valence-corrected chi connectivity index (χ2v) is 5.15. The van der Waals surface area contributed by atoms with Gasteiger partial charge in [0.2, 0.25) is 0 Å². The summed E-state index contributed by atoms with van der Waals surface area (Å²) in [6.45, 7) is 4.21. The number of rotatable bonds is 4. The van der Waals surface area contributed by atoms with Crippen LogP contribution in [0.5, 0.6) is 0 Å². The molecule has 1 N–H and O–H groups in total. The van der Waals surface area contributed by atoms with Gasteiger partial charge in [-0.15, -0.1) is 10.2 Å². The fraction of sp³-hybridized carbons (Fsp3) is 0.643. The van der Waals surface area contributed by atoms with Crippen LogP contribution in [0, 0.1) is 5.92 Å². The number of carbonyl (C=O) groups is 1. The fourth-order valence-corrected chi connectivity index (χ4v) is 2.70. The van der Waals surface area contributed by atoms with Crippen LogP contribution < -0.4 is 4.90 Å². The lowest BCUT2D eigenvalue weighted by atomic mass is 9.96. The van der Waals surface area contributed by atoms with Crippen LogP contribution in [0.2, 0.25) is 0 Å². The zero-order chi connectivity index (χ0) is 13.7. The van der Waals surface area contributed by atoms with E-state index in [1.807, 2.05) is 0 Å². The normalized spacial score (nSPS) is 20.1. The Morgan fingerprint density at radius 2 is 2.21 bits per heavy atom. The number of aromatic nitrogens is 2. The Labute approximate surface area is 113 Å². The van der Waals surface area contributed by atoms with Crippen LogP contribution in [-0.2, 0) is 0 Å². The van der Waals surface area contributed by atoms with E-state index in [0.717, 1.165) is 24.8 Å². The first-order valence-corrected chi connectivity index (χ1v) is 7.02. The highest BCUT2D eigenvalue weighted by Crippen LogP contribution is 2.24. The summed E-state index contributed by atoms with van der Waals surface area (Å²) in [7, 11) is 0. The molecular formula is C14H21N3O2. The van der Waals surface area contributed by atoms with Gasteiger partial charge in [0.25, 0.3) is 0 Å². The number of carboxylic acid groups (broad SMARTS) is 1. The number of anilines is 1. The molecule has 1 unspecified atom stereocenters. The van der Waals surface area contributed by atoms with Crippen LogP contribution in [0.25, 0.3) is 0 Å². The van der Waals surface area contributed by atoms with Crippen molar-refractivity contribution in [2.24, 2.45) is 5.92 Å². The van der Waals surface area contributed by atoms with Gasteiger partial charge in [0.05, 0.1) is 0 Å². The minimum absolute atomic E-state index is 0.00225. The highest BCUT2D eigenvalue weighted by molar-refractivity contribution is 5.85. The quantitative estimate of drug-likeness (QED) is 0.904. The van der Waals surface area contributed by atoms with E-state index in [2.05, 4.69) is 22.0 Å². The van der Waals surface area contributed by atoms with Crippen molar-refractivity contribution in [1.82, 2.24) is 10.2 Å². The Morgan fingerprint density at radius 3 is 2.84 bits per heavy atom. The Morgan fingerprint density at radius 1 is 1.37 bits per heavy atom. The Balaban J connectivity index is 1.99. The van der Waals surface area contributed by atoms with Gasteiger partial charge in [0.15, 0.2) is 11.5 Å². The molecular weight excluding hydrogens is 242 g/mol. The van der Waals surface area contributed by atoms with Crippen molar-refractivity contribution in [1.29, 1.82) is 0 Å². The van der Waals surface area contributed by atoms with E-state index in [-0.39, 0.29) is 5.69 Å². The molecule has 5 nitrogen and oxygen atoms in total. The van der Waals surface area contributed by atoms with Gasteiger partial charge < -0.3 is 10.0 Å². The minimum Gasteiger partial charge on any atom is -0.476 e. The van der Waals surface area contributed by atoms with Gasteiger partial charge >= 0.3 is 5.97 Å². The lowest BCUT2D eigenvalue weighted by Gasteiger charge is -2.21. The molecule has 2 rings (SSSR count). The van der Waals surface area contributed by atoms with Crippen LogP contribution in [0.3, 0.4) is 0 Å². The molecule has 1 fully saturated rings. The lowest BCUT2D eigenvalue weighted by molar-refractivity contribution is 0.0689. The summed E-state index contributed by atoms with van der Waals surface area (Å²) in [6, 6.07) is 3.29. The molecule has 19 heavy (non-hydrogen) atoms. The molecule has 0 saturated carbocycles. The number of nitrogens with zero attached hydrogens (tertiary/aromatic N) is 3. The third-order valence-electron chi connectivity index (χ3n) is 3.74. The zero-order valence-electron chi connectivity index (χ0n) is 11.4. The predicted molar refractivity (Wildman–Crippen MR) is 73.5 cm³/mol. The van der Waals surface area contributed by atoms with Crippen molar-refractivity contribution in [3.05, 3.63) is 17.8 Å². The van der Waals surface area contributed by atoms with Crippen LogP contribution in [-0.4, -0.2) is 34.4 Å². The van der Waals surface area contributed by atoms with Crippen molar-refractivity contribution in [2.45, 2.75) is 39.0 Å². The van der Waals surface area contributed by atoms with Crippen molar-refractivity contribution < 1.29 is 9.90 Å². The first kappa shape index (κ1) is 13.8. The maximum absolute atomic E-state index is 10.7. The van der Waals surface area contributed by atoms with Crippen LogP contribution in [0.1, 0.15) is 49.5 Å². The Hall–Kier alpha value is -1.65. The van der Waals surface area contributed by atoms with Crippen LogP contribution in [0.15, 0.2) is 12.1 Å². The van der Waals surface area contributed by atoms with E-state index in [4.69, 9.17) is 5.11 Å². The minimum atomic E-state index is -1.03. The molecule has 1 aromatic rings. The van der Waals surface area contributed by atoms with Gasteiger partial charge in [-0.1, -0.05) is 19.8 Å². The highest BCUT2D eigenvalue weighted by atomic mass is 16.4. The molecule has 0 aliphatic carbocycles. The van der Waals surface area contributed by atoms with Crippen LogP contribution in [0.4, 0.5) is 5.82 Å². The van der Waals surface area contributed by atoms with Crippen LogP contribution >= 0.6 is 0 Å². The number of hydrogen-bond donors (Lipinski definition) is 1. The molecule has 104 valence electrons. The average Bonchev–Trinajstić information content (AvgIpc) is 2.65. The number of carboxylic acids is 1. The van der Waals surface area contributed by atoms with E-state index in [1.54, 1.807) is 6.07 Å². The second kappa shape index (κ2) is 6.50. The predicted octanol–water partition coefficient (Wildman–Crippen LogP) is 2.58. The van der Waals surface area contributed by atoms with E-state index < -0.39 is 5.97 Å². The maximum Gasteiger partial charge on any atom is 0.356 e. The summed E-state index contributed by atoms with van der Waals surface area (Å²) in [4.78, 5) is 13.0. The van der Waals surface area contributed by atoms with Gasteiger partial charge in [-0.25, -0.2) is 4.79 Å². The topological polar surface area (TPSA) is 66.3 Å². The maximum atomic E-state index is 10.7. The van der Waals surface area contributed by atoms with E-state index in [1.165, 1.54) is 38.2 Å². The van der Waals surface area contributed by atoms with E-state index in [0.29, 0.717) is 0 Å². The molecule has 0 spiro atoms. The standard InChI is InChI=1S/C14H21N3O2/c1-2-4-11-5-3-9-17(10-8-11)13-7-6-12(14(18)19)15-16-13/h6-7,11H,2-5,8-10H2,1H3,(H,18,19). The average molecular weight is 263 g/mol.